The predicted octanol–water partition coefficient (Wildman–Crippen LogP) is 5.46. The van der Waals surface area contributed by atoms with Gasteiger partial charge >= 0.3 is 12.1 Å². The zero-order chi connectivity index (χ0) is 64.2. The van der Waals surface area contributed by atoms with Crippen molar-refractivity contribution in [2.75, 3.05) is 72.2 Å². The molecule has 23 nitrogen and oxygen atoms in total. The second-order valence-corrected chi connectivity index (χ2v) is 24.9. The largest absolute Gasteiger partial charge is 0.459 e. The Morgan fingerprint density at radius 3 is 2.25 bits per heavy atom. The Kier molecular flexibility index (Phi) is 28.2. The van der Waals surface area contributed by atoms with Gasteiger partial charge in [-0.2, -0.15) is 0 Å². The molecule has 6 N–H and O–H groups in total. The number of ether oxygens (including phenoxy) is 7. The van der Waals surface area contributed by atoms with Crippen molar-refractivity contribution in [2.45, 2.75) is 205 Å². The summed E-state index contributed by atoms with van der Waals surface area (Å²) in [6.07, 6.45) is 11.4. The average molecular weight is 1240 g/mol. The summed E-state index contributed by atoms with van der Waals surface area (Å²) in [6, 6.07) is -2.11. The number of aliphatic hydroxyl groups excluding tert-OH is 2. The van der Waals surface area contributed by atoms with Gasteiger partial charge in [0.05, 0.1) is 37.4 Å². The van der Waals surface area contributed by atoms with Gasteiger partial charge in [-0.25, -0.2) is 19.6 Å². The maximum absolute atomic E-state index is 14.7. The molecule has 2 bridgehead atoms. The monoisotopic (exact) mass is 1240 g/mol. The normalized spacial score (nSPS) is 34.7. The molecule has 0 radical (unpaired) electrons. The summed E-state index contributed by atoms with van der Waals surface area (Å²) >= 11 is 0. The van der Waals surface area contributed by atoms with Crippen LogP contribution in [0.2, 0.25) is 0 Å². The van der Waals surface area contributed by atoms with Crippen molar-refractivity contribution in [1.82, 2.24) is 25.1 Å². The number of carbonyl (C=O) groups is 6. The maximum Gasteiger partial charge on any atom is 0.407 e. The number of aliphatic hydroxyl groups is 3. The third-order valence-corrected chi connectivity index (χ3v) is 18.3. The number of carbonyl (C=O) groups excluding carboxylic acids is 6. The number of piperazine rings is 1. The molecule has 3 amide bonds. The molecule has 1 saturated carbocycles. The van der Waals surface area contributed by atoms with Gasteiger partial charge in [0.15, 0.2) is 5.78 Å². The molecule has 0 aromatic carbocycles. The van der Waals surface area contributed by atoms with Gasteiger partial charge in [-0.3, -0.25) is 19.2 Å². The van der Waals surface area contributed by atoms with Crippen LogP contribution in [-0.2, 0) is 63.7 Å². The fourth-order valence-electron chi connectivity index (χ4n) is 12.7. The van der Waals surface area contributed by atoms with E-state index in [1.165, 1.54) is 14.2 Å². The van der Waals surface area contributed by atoms with Gasteiger partial charge in [-0.1, -0.05) is 64.2 Å². The Bertz CT molecular complexity index is 2580. The van der Waals surface area contributed by atoms with Crippen LogP contribution in [0.4, 0.5) is 10.7 Å². The van der Waals surface area contributed by atoms with Gasteiger partial charge < -0.3 is 74.2 Å². The van der Waals surface area contributed by atoms with E-state index in [4.69, 9.17) is 38.9 Å². The Morgan fingerprint density at radius 2 is 1.57 bits per heavy atom. The van der Waals surface area contributed by atoms with Crippen LogP contribution >= 0.6 is 0 Å². The van der Waals surface area contributed by atoms with Crippen LogP contribution in [0.3, 0.4) is 0 Å². The van der Waals surface area contributed by atoms with Crippen molar-refractivity contribution >= 4 is 41.4 Å². The minimum atomic E-state index is -2.48. The number of rotatable bonds is 14. The maximum atomic E-state index is 14.7. The number of aromatic nitrogens is 2. The van der Waals surface area contributed by atoms with Crippen LogP contribution in [0.5, 0.6) is 0 Å². The van der Waals surface area contributed by atoms with Gasteiger partial charge in [0.2, 0.25) is 17.6 Å². The molecule has 88 heavy (non-hydrogen) atoms. The number of methoxy groups -OCH3 is 3. The standard InChI is InChI=1S/C65H101N7O16/c1-11-85-30-24-56(74)70-26-28-71(29-27-70)63-67-37-47(38-68-63)39-69-64(80)87-52-23-21-46(34-55(52)83-9)33-49(66)54-36-51(73)42(4)32-44(6)58(76)59(84-10)57(75)43(5)31-40(2)17-13-12-14-18-41(3)53(82-8)35-48-22-20-45(7)65(81,88-48)60(77)61(78)72-25-16-15-19-50(72)62(79)86-54/h12-14,17-18,32,37-38,40,42-43,45-46,48-55,58-59,73,76,81H,11,15-16,19-31,33-36,39,66H2,1-10H3,(H,69,80)/b14-12+,17-13+,41-18+,44-32+/t40-,42-,43-,45-,46+,48+,49-,50+,51-,52-,53+,54+,55-,58-,59+,65-/m1/s1. The van der Waals surface area contributed by atoms with E-state index in [1.807, 2.05) is 67.9 Å². The molecule has 6 rings (SSSR count). The third kappa shape index (κ3) is 19.8. The molecule has 1 aromatic rings. The number of anilines is 1. The van der Waals surface area contributed by atoms with Gasteiger partial charge in [0, 0.05) is 122 Å². The summed E-state index contributed by atoms with van der Waals surface area (Å²) in [7, 11) is 4.48. The van der Waals surface area contributed by atoms with Crippen molar-refractivity contribution in [3.63, 3.8) is 0 Å². The van der Waals surface area contributed by atoms with Gasteiger partial charge in [-0.05, 0) is 108 Å². The number of fused-ring (bicyclic) bond motifs is 3. The van der Waals surface area contributed by atoms with E-state index in [1.54, 1.807) is 46.4 Å². The number of hydrogen-bond acceptors (Lipinski definition) is 20. The van der Waals surface area contributed by atoms with Gasteiger partial charge in [0.1, 0.15) is 30.5 Å². The number of amides is 3. The van der Waals surface area contributed by atoms with E-state index in [0.29, 0.717) is 121 Å². The number of esters is 1. The molecule has 5 heterocycles. The molecule has 4 aliphatic heterocycles. The van der Waals surface area contributed by atoms with E-state index in [0.717, 1.165) is 10.5 Å². The third-order valence-electron chi connectivity index (χ3n) is 18.3. The number of cyclic esters (lactones) is 1. The highest BCUT2D eigenvalue weighted by molar-refractivity contribution is 6.39. The molecular weight excluding hydrogens is 1130 g/mol. The van der Waals surface area contributed by atoms with Crippen molar-refractivity contribution in [3.05, 3.63) is 65.6 Å². The van der Waals surface area contributed by atoms with Crippen LogP contribution in [0.1, 0.15) is 138 Å². The fourth-order valence-corrected chi connectivity index (χ4v) is 12.7. The molecule has 0 unspecified atom stereocenters. The average Bonchev–Trinajstić information content (AvgIpc) is 1.16. The first-order valence-electron chi connectivity index (χ1n) is 31.8. The molecule has 23 heteroatoms. The number of alkyl carbamates (subject to hydrolysis) is 1. The minimum Gasteiger partial charge on any atom is -0.459 e. The molecule has 1 aromatic heterocycles. The summed E-state index contributed by atoms with van der Waals surface area (Å²) in [5.74, 6) is -7.26. The molecule has 1 aliphatic carbocycles. The summed E-state index contributed by atoms with van der Waals surface area (Å²) in [4.78, 5) is 97.2. The minimum absolute atomic E-state index is 0.00901. The van der Waals surface area contributed by atoms with Crippen LogP contribution in [0.15, 0.2) is 60.0 Å². The number of hydrogen-bond donors (Lipinski definition) is 5. The quantitative estimate of drug-likeness (QED) is 0.0668. The first-order chi connectivity index (χ1) is 42.0. The van der Waals surface area contributed by atoms with Gasteiger partial charge in [-0.15, -0.1) is 0 Å². The highest BCUT2D eigenvalue weighted by Crippen LogP contribution is 2.38. The summed E-state index contributed by atoms with van der Waals surface area (Å²) in [6.45, 7) is 16.0. The summed E-state index contributed by atoms with van der Waals surface area (Å²) in [5, 5.41) is 38.5. The van der Waals surface area contributed by atoms with Crippen LogP contribution in [0, 0.1) is 29.6 Å². The first-order valence-corrected chi connectivity index (χ1v) is 31.8. The lowest BCUT2D eigenvalue weighted by atomic mass is 9.80. The lowest BCUT2D eigenvalue weighted by molar-refractivity contribution is -0.265. The Hall–Kier alpha value is -5.50. The number of nitrogens with one attached hydrogen (secondary N) is 1. The zero-order valence-corrected chi connectivity index (χ0v) is 53.6. The van der Waals surface area contributed by atoms with Crippen molar-refractivity contribution in [2.24, 2.45) is 35.3 Å². The molecule has 492 valence electrons. The molecule has 0 spiro atoms. The predicted molar refractivity (Wildman–Crippen MR) is 328 cm³/mol. The Balaban J connectivity index is 1.16. The van der Waals surface area contributed by atoms with E-state index in [9.17, 15) is 44.1 Å². The number of Topliss-reactive ketones (excluding diaryl/α,β-unsaturated/α-hetero) is 2. The van der Waals surface area contributed by atoms with Crippen molar-refractivity contribution in [1.29, 1.82) is 0 Å². The second kappa shape index (κ2) is 34.6. The van der Waals surface area contributed by atoms with Crippen molar-refractivity contribution in [3.8, 4) is 0 Å². The van der Waals surface area contributed by atoms with Crippen molar-refractivity contribution < 1.29 is 77.2 Å². The number of nitrogens with two attached hydrogens (primary N) is 1. The second-order valence-electron chi connectivity index (χ2n) is 24.9. The Morgan fingerprint density at radius 1 is 0.841 bits per heavy atom. The highest BCUT2D eigenvalue weighted by Gasteiger charge is 2.53. The van der Waals surface area contributed by atoms with Gasteiger partial charge in [0.25, 0.3) is 11.7 Å². The molecule has 4 fully saturated rings. The summed E-state index contributed by atoms with van der Waals surface area (Å²) < 4.78 is 41.1. The van der Waals surface area contributed by atoms with E-state index < -0.39 is 108 Å². The number of piperidine rings is 1. The fraction of sp³-hybridized carbons (Fsp3) is 0.723. The zero-order valence-electron chi connectivity index (χ0n) is 53.6. The Labute approximate surface area is 520 Å². The smallest absolute Gasteiger partial charge is 0.407 e. The van der Waals surface area contributed by atoms with Crippen LogP contribution in [0.25, 0.3) is 0 Å². The molecule has 5 aliphatic rings. The van der Waals surface area contributed by atoms with Crippen LogP contribution in [-0.4, -0.2) is 205 Å². The molecular formula is C65H101N7O16. The number of nitrogens with zero attached hydrogens (tertiary/aromatic N) is 5. The van der Waals surface area contributed by atoms with E-state index in [-0.39, 0.29) is 55.9 Å². The summed E-state index contributed by atoms with van der Waals surface area (Å²) in [5.41, 5.74) is 8.98. The van der Waals surface area contributed by atoms with E-state index >= 15 is 0 Å². The number of allylic oxidation sites excluding steroid dienone is 5. The topological polar surface area (TPSA) is 301 Å². The SMILES string of the molecule is CCOCCC(=O)N1CCN(c2ncc(CNC(=O)O[C@@H]3CC[C@@H](C[C@@H](N)[C@@H]4C[C@@H](O)[C@H](C)/C=C(\C)[C@@H](O)[C@@H](OC)C(=O)[C@H](C)C[C@H](C)/C=C/C=C/C=C(\C)[C@@H](OC)C[C@@H]5CC[C@@H](C)[C@@](O)(O5)C(=O)C(=O)N5CCCC[C@H]5C(=O)O4)C[C@H]3OC)cn2)CC1. The molecule has 3 saturated heterocycles. The van der Waals surface area contributed by atoms with Crippen LogP contribution < -0.4 is 16.0 Å². The van der Waals surface area contributed by atoms with E-state index in [2.05, 4.69) is 15.3 Å². The first kappa shape index (κ1) is 71.6. The number of ketones is 2. The highest BCUT2D eigenvalue weighted by atomic mass is 16.6. The molecule has 16 atom stereocenters. The lowest BCUT2D eigenvalue weighted by Crippen LogP contribution is -2.61. The lowest BCUT2D eigenvalue weighted by Gasteiger charge is -2.42.